The normalized spacial score (nSPS) is 12.9. The Hall–Kier alpha value is -2.96. The van der Waals surface area contributed by atoms with Gasteiger partial charge < -0.3 is 19.3 Å². The van der Waals surface area contributed by atoms with Gasteiger partial charge in [-0.3, -0.25) is 0 Å². The van der Waals surface area contributed by atoms with Gasteiger partial charge in [-0.25, -0.2) is 27.4 Å². The Kier molecular flexibility index (Phi) is 8.69. The van der Waals surface area contributed by atoms with Crippen molar-refractivity contribution in [3.8, 4) is 17.4 Å². The van der Waals surface area contributed by atoms with E-state index in [1.54, 1.807) is 39.5 Å². The molecular formula is C21H25Cl2N3O8S. The molecule has 0 radical (unpaired) electrons. The SMILES string of the molecule is Cc1nn(C)c(Oc2cc(O[C@@H](C)C(=O)O)c(Cl)cc2Cl)c1C=CS(=O)(=O)NC(=O)OC(C)(C)C. The van der Waals surface area contributed by atoms with Gasteiger partial charge in [-0.15, -0.1) is 0 Å². The fraction of sp³-hybridized carbons (Fsp3) is 0.381. The maximum Gasteiger partial charge on any atom is 0.421 e. The number of carbonyl (C=O) groups excluding carboxylic acids is 1. The van der Waals surface area contributed by atoms with Crippen molar-refractivity contribution in [2.75, 3.05) is 0 Å². The molecule has 0 spiro atoms. The first-order chi connectivity index (χ1) is 16.0. The highest BCUT2D eigenvalue weighted by Gasteiger charge is 2.22. The Labute approximate surface area is 212 Å². The quantitative estimate of drug-likeness (QED) is 0.485. The zero-order chi connectivity index (χ0) is 26.7. The highest BCUT2D eigenvalue weighted by Crippen LogP contribution is 2.39. The summed E-state index contributed by atoms with van der Waals surface area (Å²) in [4.78, 5) is 22.9. The Morgan fingerprint density at radius 1 is 1.20 bits per heavy atom. The van der Waals surface area contributed by atoms with E-state index in [2.05, 4.69) is 5.10 Å². The summed E-state index contributed by atoms with van der Waals surface area (Å²) in [5.74, 6) is -1.03. The number of amides is 1. The zero-order valence-electron chi connectivity index (χ0n) is 19.8. The molecule has 35 heavy (non-hydrogen) atoms. The molecule has 2 aromatic rings. The van der Waals surface area contributed by atoms with Crippen molar-refractivity contribution >= 4 is 51.4 Å². The van der Waals surface area contributed by atoms with Crippen molar-refractivity contribution < 1.29 is 37.3 Å². The number of halogens is 2. The maximum absolute atomic E-state index is 12.3. The second kappa shape index (κ2) is 10.8. The summed E-state index contributed by atoms with van der Waals surface area (Å²) in [6.45, 7) is 7.73. The first-order valence-corrected chi connectivity index (χ1v) is 12.3. The molecule has 0 saturated carbocycles. The first kappa shape index (κ1) is 28.3. The van der Waals surface area contributed by atoms with Crippen LogP contribution < -0.4 is 14.2 Å². The zero-order valence-corrected chi connectivity index (χ0v) is 22.1. The predicted octanol–water partition coefficient (Wildman–Crippen LogP) is 4.50. The monoisotopic (exact) mass is 549 g/mol. The number of sulfonamides is 1. The number of carbonyl (C=O) groups is 2. The minimum Gasteiger partial charge on any atom is -0.479 e. The Bertz CT molecular complexity index is 1270. The molecule has 0 aliphatic carbocycles. The van der Waals surface area contributed by atoms with E-state index in [4.69, 9.17) is 42.5 Å². The molecule has 1 amide bonds. The van der Waals surface area contributed by atoms with Gasteiger partial charge in [0.2, 0.25) is 5.88 Å². The number of benzene rings is 1. The number of hydrogen-bond donors (Lipinski definition) is 2. The number of aliphatic carboxylic acids is 1. The fourth-order valence-corrected chi connectivity index (χ4v) is 3.72. The number of carboxylic acids is 1. The highest BCUT2D eigenvalue weighted by atomic mass is 35.5. The first-order valence-electron chi connectivity index (χ1n) is 10.0. The summed E-state index contributed by atoms with van der Waals surface area (Å²) < 4.78 is 43.9. The average molecular weight is 550 g/mol. The Morgan fingerprint density at radius 2 is 1.80 bits per heavy atom. The molecule has 0 fully saturated rings. The van der Waals surface area contributed by atoms with E-state index in [9.17, 15) is 18.0 Å². The van der Waals surface area contributed by atoms with Gasteiger partial charge in [-0.05, 0) is 46.8 Å². The molecule has 2 rings (SSSR count). The number of ether oxygens (including phenoxy) is 3. The third kappa shape index (κ3) is 8.05. The number of nitrogens with one attached hydrogen (secondary N) is 1. The molecular weight excluding hydrogens is 525 g/mol. The van der Waals surface area contributed by atoms with Gasteiger partial charge in [0.1, 0.15) is 11.4 Å². The van der Waals surface area contributed by atoms with E-state index >= 15 is 0 Å². The molecule has 1 atom stereocenters. The van der Waals surface area contributed by atoms with Crippen LogP contribution in [-0.4, -0.2) is 47.1 Å². The van der Waals surface area contributed by atoms with E-state index < -0.39 is 33.8 Å². The lowest BCUT2D eigenvalue weighted by molar-refractivity contribution is -0.144. The minimum atomic E-state index is -4.21. The smallest absolute Gasteiger partial charge is 0.421 e. The van der Waals surface area contributed by atoms with Gasteiger partial charge in [-0.2, -0.15) is 5.10 Å². The summed E-state index contributed by atoms with van der Waals surface area (Å²) in [5.41, 5.74) is -0.200. The van der Waals surface area contributed by atoms with Crippen molar-refractivity contribution in [1.29, 1.82) is 0 Å². The molecule has 2 N–H and O–H groups in total. The van der Waals surface area contributed by atoms with Crippen molar-refractivity contribution in [2.45, 2.75) is 46.3 Å². The van der Waals surface area contributed by atoms with Crippen LogP contribution in [0.4, 0.5) is 4.79 Å². The summed E-state index contributed by atoms with van der Waals surface area (Å²) in [6.07, 6.45) is -1.13. The molecule has 1 heterocycles. The molecule has 192 valence electrons. The van der Waals surface area contributed by atoms with Crippen molar-refractivity contribution in [3.63, 3.8) is 0 Å². The molecule has 1 aromatic carbocycles. The lowest BCUT2D eigenvalue weighted by Gasteiger charge is -2.19. The molecule has 0 saturated heterocycles. The number of hydrogen-bond acceptors (Lipinski definition) is 8. The number of nitrogens with zero attached hydrogens (tertiary/aromatic N) is 2. The summed E-state index contributed by atoms with van der Waals surface area (Å²) in [6, 6.07) is 2.62. The van der Waals surface area contributed by atoms with Crippen LogP contribution in [-0.2, 0) is 26.6 Å². The minimum absolute atomic E-state index is 0.0149. The Balaban J connectivity index is 2.36. The average Bonchev–Trinajstić information content (AvgIpc) is 2.94. The molecule has 0 bridgehead atoms. The van der Waals surface area contributed by atoms with Crippen molar-refractivity contribution in [3.05, 3.63) is 38.8 Å². The van der Waals surface area contributed by atoms with Crippen molar-refractivity contribution in [1.82, 2.24) is 14.5 Å². The second-order valence-corrected chi connectivity index (χ2v) is 10.7. The Morgan fingerprint density at radius 3 is 2.37 bits per heavy atom. The highest BCUT2D eigenvalue weighted by molar-refractivity contribution is 7.93. The predicted molar refractivity (Wildman–Crippen MR) is 130 cm³/mol. The van der Waals surface area contributed by atoms with E-state index in [1.807, 2.05) is 0 Å². The van der Waals surface area contributed by atoms with Crippen LogP contribution in [0, 0.1) is 6.92 Å². The van der Waals surface area contributed by atoms with Gasteiger partial charge in [0.05, 0.1) is 26.7 Å². The van der Waals surface area contributed by atoms with Gasteiger partial charge in [0, 0.05) is 13.1 Å². The summed E-state index contributed by atoms with van der Waals surface area (Å²) in [5, 5.41) is 14.2. The molecule has 14 heteroatoms. The number of carboxylic acid groups (broad SMARTS) is 1. The standard InChI is InChI=1S/C21H25Cl2N3O8S/c1-11-13(7-8-35(30,31)25-20(29)34-21(3,4)5)18(26(6)24-11)33-17-10-16(14(22)9-15(17)23)32-12(2)19(27)28/h7-10,12H,1-6H3,(H,25,29)(H,27,28)/t12-/m0/s1. The molecule has 0 aliphatic heterocycles. The number of aryl methyl sites for hydroxylation is 2. The van der Waals surface area contributed by atoms with Crippen LogP contribution in [0.15, 0.2) is 17.5 Å². The summed E-state index contributed by atoms with van der Waals surface area (Å²) in [7, 11) is -2.65. The van der Waals surface area contributed by atoms with Gasteiger partial charge in [-0.1, -0.05) is 23.2 Å². The number of rotatable bonds is 8. The lowest BCUT2D eigenvalue weighted by atomic mass is 10.2. The lowest BCUT2D eigenvalue weighted by Crippen LogP contribution is -2.35. The third-order valence-corrected chi connectivity index (χ3v) is 5.63. The number of aromatic nitrogens is 2. The summed E-state index contributed by atoms with van der Waals surface area (Å²) >= 11 is 12.3. The van der Waals surface area contributed by atoms with E-state index in [1.165, 1.54) is 29.8 Å². The van der Waals surface area contributed by atoms with Crippen LogP contribution in [0.3, 0.4) is 0 Å². The second-order valence-electron chi connectivity index (χ2n) is 8.29. The van der Waals surface area contributed by atoms with Gasteiger partial charge in [0.25, 0.3) is 10.0 Å². The van der Waals surface area contributed by atoms with Gasteiger partial charge >= 0.3 is 12.1 Å². The fourth-order valence-electron chi connectivity index (χ4n) is 2.60. The van der Waals surface area contributed by atoms with Crippen LogP contribution in [0.2, 0.25) is 10.0 Å². The van der Waals surface area contributed by atoms with Crippen LogP contribution in [0.5, 0.6) is 17.4 Å². The molecule has 0 unspecified atom stereocenters. The van der Waals surface area contributed by atoms with Crippen LogP contribution >= 0.6 is 23.2 Å². The third-order valence-electron chi connectivity index (χ3n) is 4.10. The maximum atomic E-state index is 12.3. The van der Waals surface area contributed by atoms with Crippen molar-refractivity contribution in [2.24, 2.45) is 7.05 Å². The largest absolute Gasteiger partial charge is 0.479 e. The van der Waals surface area contributed by atoms with E-state index in [0.29, 0.717) is 5.69 Å². The topological polar surface area (TPSA) is 146 Å². The molecule has 0 aliphatic rings. The van der Waals surface area contributed by atoms with E-state index in [0.717, 1.165) is 5.41 Å². The molecule has 1 aromatic heterocycles. The van der Waals surface area contributed by atoms with E-state index in [-0.39, 0.29) is 33.0 Å². The van der Waals surface area contributed by atoms with Gasteiger partial charge in [0.15, 0.2) is 11.9 Å². The van der Waals surface area contributed by atoms with Crippen LogP contribution in [0.1, 0.15) is 39.0 Å². The molecule has 11 nitrogen and oxygen atoms in total. The van der Waals surface area contributed by atoms with Crippen LogP contribution in [0.25, 0.3) is 6.08 Å².